The molecule has 0 aliphatic carbocycles. The Morgan fingerprint density at radius 3 is 2.92 bits per heavy atom. The van der Waals surface area contributed by atoms with Gasteiger partial charge in [0.2, 0.25) is 0 Å². The third-order valence-corrected chi connectivity index (χ3v) is 3.30. The molecule has 4 unspecified atom stereocenters. The normalized spacial score (nSPS) is 43.8. The monoisotopic (exact) mass is 184 g/mol. The molecule has 0 aromatic rings. The molecule has 3 saturated heterocycles. The fourth-order valence-corrected chi connectivity index (χ4v) is 2.55. The van der Waals surface area contributed by atoms with Gasteiger partial charge in [-0.2, -0.15) is 0 Å². The number of hydrogen-bond acceptors (Lipinski definition) is 4. The molecular weight excluding hydrogens is 168 g/mol. The fraction of sp³-hybridized carbons (Fsp3) is 0.889. The maximum atomic E-state index is 9.55. The maximum Gasteiger partial charge on any atom is 0.0746 e. The van der Waals surface area contributed by atoms with Gasteiger partial charge in [-0.15, -0.1) is 0 Å². The summed E-state index contributed by atoms with van der Waals surface area (Å²) in [5.74, 6) is 0.559. The van der Waals surface area contributed by atoms with Gasteiger partial charge in [0.1, 0.15) is 0 Å². The highest BCUT2D eigenvalue weighted by molar-refractivity contribution is 5.89. The van der Waals surface area contributed by atoms with Gasteiger partial charge >= 0.3 is 0 Å². The second-order valence-electron chi connectivity index (χ2n) is 4.13. The summed E-state index contributed by atoms with van der Waals surface area (Å²) in [6, 6.07) is 0. The molecule has 4 atom stereocenters. The van der Waals surface area contributed by atoms with Gasteiger partial charge in [-0.05, 0) is 19.9 Å². The van der Waals surface area contributed by atoms with Crippen LogP contribution in [-0.2, 0) is 0 Å². The third kappa shape index (κ3) is 1.44. The summed E-state index contributed by atoms with van der Waals surface area (Å²) >= 11 is 0. The highest BCUT2D eigenvalue weighted by atomic mass is 16.4. The summed E-state index contributed by atoms with van der Waals surface area (Å²) in [6.07, 6.45) is 0.722. The number of fused-ring (bicyclic) bond motifs is 3. The molecular formula is C9H16N2O2. The summed E-state index contributed by atoms with van der Waals surface area (Å²) in [5.41, 5.74) is 0.850. The van der Waals surface area contributed by atoms with E-state index in [-0.39, 0.29) is 12.0 Å². The van der Waals surface area contributed by atoms with E-state index in [9.17, 15) is 5.11 Å². The van der Waals surface area contributed by atoms with Crippen LogP contribution in [-0.4, -0.2) is 46.7 Å². The highest BCUT2D eigenvalue weighted by Gasteiger charge is 2.40. The quantitative estimate of drug-likeness (QED) is 0.450. The van der Waals surface area contributed by atoms with Crippen LogP contribution < -0.4 is 0 Å². The van der Waals surface area contributed by atoms with Gasteiger partial charge in [-0.1, -0.05) is 5.16 Å². The first-order valence-corrected chi connectivity index (χ1v) is 4.83. The minimum absolute atomic E-state index is 0.258. The predicted molar refractivity (Wildman–Crippen MR) is 48.9 cm³/mol. The van der Waals surface area contributed by atoms with Crippen molar-refractivity contribution in [3.8, 4) is 0 Å². The van der Waals surface area contributed by atoms with Gasteiger partial charge < -0.3 is 10.3 Å². The van der Waals surface area contributed by atoms with Gasteiger partial charge in [0, 0.05) is 24.9 Å². The zero-order chi connectivity index (χ0) is 9.42. The van der Waals surface area contributed by atoms with Crippen LogP contribution in [0.15, 0.2) is 5.16 Å². The van der Waals surface area contributed by atoms with Crippen molar-refractivity contribution in [3.05, 3.63) is 0 Å². The largest absolute Gasteiger partial charge is 0.411 e. The van der Waals surface area contributed by atoms with Crippen molar-refractivity contribution >= 4 is 5.71 Å². The molecule has 4 heteroatoms. The molecule has 3 fully saturated rings. The lowest BCUT2D eigenvalue weighted by Gasteiger charge is -2.46. The minimum Gasteiger partial charge on any atom is -0.411 e. The van der Waals surface area contributed by atoms with E-state index < -0.39 is 0 Å². The number of aliphatic hydroxyl groups excluding tert-OH is 1. The molecule has 2 bridgehead atoms. The van der Waals surface area contributed by atoms with Crippen LogP contribution in [0, 0.1) is 11.8 Å². The van der Waals surface area contributed by atoms with Crippen LogP contribution in [0.4, 0.5) is 0 Å². The van der Waals surface area contributed by atoms with Crippen molar-refractivity contribution in [3.63, 3.8) is 0 Å². The van der Waals surface area contributed by atoms with E-state index in [4.69, 9.17) is 5.21 Å². The highest BCUT2D eigenvalue weighted by Crippen LogP contribution is 2.32. The lowest BCUT2D eigenvalue weighted by atomic mass is 9.75. The van der Waals surface area contributed by atoms with Gasteiger partial charge in [-0.3, -0.25) is 4.90 Å². The second-order valence-corrected chi connectivity index (χ2v) is 4.13. The van der Waals surface area contributed by atoms with Crippen molar-refractivity contribution in [1.82, 2.24) is 4.90 Å². The first kappa shape index (κ1) is 8.97. The Morgan fingerprint density at radius 2 is 2.38 bits per heavy atom. The maximum absolute atomic E-state index is 9.55. The van der Waals surface area contributed by atoms with Crippen LogP contribution in [0.5, 0.6) is 0 Å². The van der Waals surface area contributed by atoms with Crippen molar-refractivity contribution in [2.75, 3.05) is 19.6 Å². The van der Waals surface area contributed by atoms with Crippen molar-refractivity contribution in [2.24, 2.45) is 17.0 Å². The molecule has 3 rings (SSSR count). The molecule has 4 nitrogen and oxygen atoms in total. The third-order valence-electron chi connectivity index (χ3n) is 3.30. The summed E-state index contributed by atoms with van der Waals surface area (Å²) in [4.78, 5) is 2.24. The smallest absolute Gasteiger partial charge is 0.0746 e. The van der Waals surface area contributed by atoms with Crippen molar-refractivity contribution in [2.45, 2.75) is 19.4 Å². The van der Waals surface area contributed by atoms with Crippen LogP contribution in [0.3, 0.4) is 0 Å². The number of rotatable bonds is 1. The van der Waals surface area contributed by atoms with Crippen LogP contribution in [0.25, 0.3) is 0 Å². The standard InChI is InChI=1S/C9H16N2O2/c1-6(12)8-4-11-3-2-7(8)9(5-11)10-13/h6-8,12-13H,2-5H2,1H3/b10-9+. The first-order valence-electron chi connectivity index (χ1n) is 4.83. The Hall–Kier alpha value is -0.610. The average molecular weight is 184 g/mol. The van der Waals surface area contributed by atoms with E-state index in [1.54, 1.807) is 0 Å². The number of aliphatic hydroxyl groups is 1. The molecule has 0 aromatic carbocycles. The van der Waals surface area contributed by atoms with Crippen LogP contribution in [0.1, 0.15) is 13.3 Å². The molecule has 3 aliphatic heterocycles. The van der Waals surface area contributed by atoms with Crippen LogP contribution in [0.2, 0.25) is 0 Å². The minimum atomic E-state index is -0.301. The lowest BCUT2D eigenvalue weighted by Crippen LogP contribution is -2.55. The van der Waals surface area contributed by atoms with Gasteiger partial charge in [0.05, 0.1) is 11.8 Å². The van der Waals surface area contributed by atoms with E-state index >= 15 is 0 Å². The van der Waals surface area contributed by atoms with Gasteiger partial charge in [-0.25, -0.2) is 0 Å². The molecule has 3 aliphatic rings. The SMILES string of the molecule is CC(O)C1CN2CCC1/C(=N/O)C2. The molecule has 0 amide bonds. The average Bonchev–Trinajstić information content (AvgIpc) is 2.18. The predicted octanol–water partition coefficient (Wildman–Crippen LogP) is 0.149. The molecule has 74 valence electrons. The van der Waals surface area contributed by atoms with Crippen LogP contribution >= 0.6 is 0 Å². The fourth-order valence-electron chi connectivity index (χ4n) is 2.55. The summed E-state index contributed by atoms with van der Waals surface area (Å²) in [7, 11) is 0. The van der Waals surface area contributed by atoms with E-state index in [2.05, 4.69) is 10.1 Å². The Kier molecular flexibility index (Phi) is 2.26. The lowest BCUT2D eigenvalue weighted by molar-refractivity contribution is 0.0312. The van der Waals surface area contributed by atoms with E-state index in [0.29, 0.717) is 5.92 Å². The number of piperidine rings is 3. The van der Waals surface area contributed by atoms with Gasteiger partial charge in [0.15, 0.2) is 0 Å². The van der Waals surface area contributed by atoms with Crippen molar-refractivity contribution < 1.29 is 10.3 Å². The number of nitrogens with zero attached hydrogens (tertiary/aromatic N) is 2. The number of oxime groups is 1. The Bertz CT molecular complexity index is 228. The topological polar surface area (TPSA) is 56.1 Å². The summed E-state index contributed by atoms with van der Waals surface area (Å²) < 4.78 is 0. The second kappa shape index (κ2) is 3.27. The Labute approximate surface area is 77.8 Å². The molecule has 0 radical (unpaired) electrons. The Morgan fingerprint density at radius 1 is 1.62 bits per heavy atom. The summed E-state index contributed by atoms with van der Waals surface area (Å²) in [5, 5.41) is 21.7. The molecule has 13 heavy (non-hydrogen) atoms. The summed E-state index contributed by atoms with van der Waals surface area (Å²) in [6.45, 7) is 4.63. The van der Waals surface area contributed by atoms with E-state index in [1.165, 1.54) is 0 Å². The molecule has 0 aromatic heterocycles. The Balaban J connectivity index is 2.17. The van der Waals surface area contributed by atoms with Gasteiger partial charge in [0.25, 0.3) is 0 Å². The molecule has 3 heterocycles. The van der Waals surface area contributed by atoms with E-state index in [1.807, 2.05) is 6.92 Å². The number of hydrogen-bond donors (Lipinski definition) is 2. The van der Waals surface area contributed by atoms with Crippen molar-refractivity contribution in [1.29, 1.82) is 0 Å². The first-order chi connectivity index (χ1) is 6.22. The molecule has 2 N–H and O–H groups in total. The molecule has 0 saturated carbocycles. The molecule has 0 spiro atoms. The zero-order valence-corrected chi connectivity index (χ0v) is 7.85. The zero-order valence-electron chi connectivity index (χ0n) is 7.85. The van der Waals surface area contributed by atoms with E-state index in [0.717, 1.165) is 31.8 Å².